The molecule has 1 aromatic rings. The van der Waals surface area contributed by atoms with Crippen LogP contribution in [0.5, 0.6) is 0 Å². The SMILES string of the molecule is C[C@H](NC1COCC1O)c1ccc(F)cc1. The Morgan fingerprint density at radius 2 is 2.06 bits per heavy atom. The van der Waals surface area contributed by atoms with Crippen LogP contribution in [0.4, 0.5) is 4.39 Å². The monoisotopic (exact) mass is 225 g/mol. The lowest BCUT2D eigenvalue weighted by molar-refractivity contribution is 0.121. The van der Waals surface area contributed by atoms with E-state index in [4.69, 9.17) is 4.74 Å². The quantitative estimate of drug-likeness (QED) is 0.813. The number of aliphatic hydroxyl groups is 1. The second-order valence-corrected chi connectivity index (χ2v) is 4.15. The van der Waals surface area contributed by atoms with Crippen LogP contribution in [0.2, 0.25) is 0 Å². The topological polar surface area (TPSA) is 41.5 Å². The van der Waals surface area contributed by atoms with Gasteiger partial charge in [0.15, 0.2) is 0 Å². The van der Waals surface area contributed by atoms with Crippen molar-refractivity contribution in [3.05, 3.63) is 35.6 Å². The molecule has 1 aromatic carbocycles. The minimum atomic E-state index is -0.456. The van der Waals surface area contributed by atoms with Gasteiger partial charge in [-0.2, -0.15) is 0 Å². The minimum absolute atomic E-state index is 0.0416. The highest BCUT2D eigenvalue weighted by molar-refractivity contribution is 5.19. The normalized spacial score (nSPS) is 26.9. The second-order valence-electron chi connectivity index (χ2n) is 4.15. The van der Waals surface area contributed by atoms with Gasteiger partial charge >= 0.3 is 0 Å². The van der Waals surface area contributed by atoms with Crippen LogP contribution >= 0.6 is 0 Å². The van der Waals surface area contributed by atoms with Crippen LogP contribution in [0.3, 0.4) is 0 Å². The summed E-state index contributed by atoms with van der Waals surface area (Å²) < 4.78 is 17.9. The molecule has 4 heteroatoms. The van der Waals surface area contributed by atoms with Gasteiger partial charge in [0.1, 0.15) is 5.82 Å². The first-order chi connectivity index (χ1) is 7.66. The van der Waals surface area contributed by atoms with Crippen molar-refractivity contribution in [3.63, 3.8) is 0 Å². The van der Waals surface area contributed by atoms with Crippen molar-refractivity contribution in [3.8, 4) is 0 Å². The van der Waals surface area contributed by atoms with E-state index in [1.165, 1.54) is 12.1 Å². The smallest absolute Gasteiger partial charge is 0.123 e. The Morgan fingerprint density at radius 3 is 2.62 bits per heavy atom. The van der Waals surface area contributed by atoms with Gasteiger partial charge in [-0.25, -0.2) is 4.39 Å². The molecule has 0 aromatic heterocycles. The average molecular weight is 225 g/mol. The number of rotatable bonds is 3. The summed E-state index contributed by atoms with van der Waals surface area (Å²) >= 11 is 0. The van der Waals surface area contributed by atoms with E-state index in [1.807, 2.05) is 6.92 Å². The maximum absolute atomic E-state index is 12.7. The highest BCUT2D eigenvalue weighted by atomic mass is 19.1. The molecular weight excluding hydrogens is 209 g/mol. The van der Waals surface area contributed by atoms with Crippen molar-refractivity contribution < 1.29 is 14.2 Å². The van der Waals surface area contributed by atoms with Gasteiger partial charge in [-0.3, -0.25) is 0 Å². The maximum Gasteiger partial charge on any atom is 0.123 e. The first-order valence-corrected chi connectivity index (χ1v) is 5.44. The summed E-state index contributed by atoms with van der Waals surface area (Å²) in [7, 11) is 0. The largest absolute Gasteiger partial charge is 0.389 e. The number of hydrogen-bond donors (Lipinski definition) is 2. The summed E-state index contributed by atoms with van der Waals surface area (Å²) in [6.45, 7) is 2.89. The minimum Gasteiger partial charge on any atom is -0.389 e. The van der Waals surface area contributed by atoms with Gasteiger partial charge < -0.3 is 15.2 Å². The van der Waals surface area contributed by atoms with E-state index >= 15 is 0 Å². The van der Waals surface area contributed by atoms with Gasteiger partial charge in [0.2, 0.25) is 0 Å². The third-order valence-electron chi connectivity index (χ3n) is 2.88. The molecule has 1 heterocycles. The first-order valence-electron chi connectivity index (χ1n) is 5.44. The lowest BCUT2D eigenvalue weighted by atomic mass is 10.1. The predicted molar refractivity (Wildman–Crippen MR) is 58.6 cm³/mol. The van der Waals surface area contributed by atoms with E-state index in [2.05, 4.69) is 5.32 Å². The van der Waals surface area contributed by atoms with Crippen molar-refractivity contribution in [1.82, 2.24) is 5.32 Å². The highest BCUT2D eigenvalue weighted by Crippen LogP contribution is 2.16. The molecule has 3 nitrogen and oxygen atoms in total. The summed E-state index contributed by atoms with van der Waals surface area (Å²) in [5.41, 5.74) is 1.00. The fourth-order valence-electron chi connectivity index (χ4n) is 1.87. The standard InChI is InChI=1S/C12H16FNO2/c1-8(9-2-4-10(13)5-3-9)14-11-6-16-7-12(11)15/h2-5,8,11-12,14-15H,6-7H2,1H3/t8-,11?,12?/m0/s1. The summed E-state index contributed by atoms with van der Waals surface area (Å²) in [5, 5.41) is 12.8. The second kappa shape index (κ2) is 4.91. The van der Waals surface area contributed by atoms with Crippen molar-refractivity contribution in [2.75, 3.05) is 13.2 Å². The Kier molecular flexibility index (Phi) is 3.53. The van der Waals surface area contributed by atoms with E-state index in [9.17, 15) is 9.50 Å². The molecule has 0 saturated carbocycles. The number of hydrogen-bond acceptors (Lipinski definition) is 3. The first kappa shape index (κ1) is 11.5. The van der Waals surface area contributed by atoms with E-state index < -0.39 is 6.10 Å². The molecule has 0 spiro atoms. The summed E-state index contributed by atoms with van der Waals surface area (Å²) in [5.74, 6) is -0.236. The summed E-state index contributed by atoms with van der Waals surface area (Å²) in [6.07, 6.45) is -0.456. The Bertz CT molecular complexity index is 341. The third kappa shape index (κ3) is 2.58. The van der Waals surface area contributed by atoms with Gasteiger partial charge in [0, 0.05) is 6.04 Å². The molecule has 0 amide bonds. The molecule has 0 bridgehead atoms. The Morgan fingerprint density at radius 1 is 1.38 bits per heavy atom. The van der Waals surface area contributed by atoms with Crippen LogP contribution in [-0.4, -0.2) is 30.5 Å². The fourth-order valence-corrected chi connectivity index (χ4v) is 1.87. The molecule has 1 aliphatic heterocycles. The number of halogens is 1. The van der Waals surface area contributed by atoms with Gasteiger partial charge in [-0.1, -0.05) is 12.1 Å². The molecular formula is C12H16FNO2. The van der Waals surface area contributed by atoms with Crippen molar-refractivity contribution >= 4 is 0 Å². The van der Waals surface area contributed by atoms with Crippen molar-refractivity contribution in [2.45, 2.75) is 25.1 Å². The zero-order valence-corrected chi connectivity index (χ0v) is 9.19. The van der Waals surface area contributed by atoms with Crippen LogP contribution in [0.25, 0.3) is 0 Å². The van der Waals surface area contributed by atoms with E-state index in [0.717, 1.165) is 5.56 Å². The molecule has 0 aliphatic carbocycles. The molecule has 1 saturated heterocycles. The number of benzene rings is 1. The third-order valence-corrected chi connectivity index (χ3v) is 2.88. The lowest BCUT2D eigenvalue weighted by Gasteiger charge is -2.21. The van der Waals surface area contributed by atoms with Gasteiger partial charge in [-0.05, 0) is 24.6 Å². The van der Waals surface area contributed by atoms with Crippen molar-refractivity contribution in [2.24, 2.45) is 0 Å². The van der Waals surface area contributed by atoms with Crippen LogP contribution in [0.15, 0.2) is 24.3 Å². The van der Waals surface area contributed by atoms with Crippen LogP contribution < -0.4 is 5.32 Å². The molecule has 3 atom stereocenters. The molecule has 2 N–H and O–H groups in total. The van der Waals surface area contributed by atoms with Gasteiger partial charge in [-0.15, -0.1) is 0 Å². The molecule has 16 heavy (non-hydrogen) atoms. The zero-order chi connectivity index (χ0) is 11.5. The molecule has 2 unspecified atom stereocenters. The predicted octanol–water partition coefficient (Wildman–Crippen LogP) is 1.24. The molecule has 1 fully saturated rings. The molecule has 88 valence electrons. The molecule has 1 aliphatic rings. The summed E-state index contributed by atoms with van der Waals surface area (Å²) in [6, 6.07) is 6.40. The Balaban J connectivity index is 1.97. The summed E-state index contributed by atoms with van der Waals surface area (Å²) in [4.78, 5) is 0. The van der Waals surface area contributed by atoms with Crippen LogP contribution in [0.1, 0.15) is 18.5 Å². The van der Waals surface area contributed by atoms with E-state index in [-0.39, 0.29) is 17.9 Å². The lowest BCUT2D eigenvalue weighted by Crippen LogP contribution is -2.40. The maximum atomic E-state index is 12.7. The van der Waals surface area contributed by atoms with Crippen LogP contribution in [0, 0.1) is 5.82 Å². The Hall–Kier alpha value is -0.970. The number of aliphatic hydroxyl groups excluding tert-OH is 1. The zero-order valence-electron chi connectivity index (χ0n) is 9.19. The van der Waals surface area contributed by atoms with E-state index in [0.29, 0.717) is 13.2 Å². The van der Waals surface area contributed by atoms with Crippen LogP contribution in [-0.2, 0) is 4.74 Å². The number of nitrogens with one attached hydrogen (secondary N) is 1. The van der Waals surface area contributed by atoms with Gasteiger partial charge in [0.25, 0.3) is 0 Å². The van der Waals surface area contributed by atoms with Gasteiger partial charge in [0.05, 0.1) is 25.4 Å². The highest BCUT2D eigenvalue weighted by Gasteiger charge is 2.27. The molecule has 0 radical (unpaired) electrons. The average Bonchev–Trinajstić information content (AvgIpc) is 2.65. The molecule has 2 rings (SSSR count). The Labute approximate surface area is 94.2 Å². The number of ether oxygens (including phenoxy) is 1. The van der Waals surface area contributed by atoms with E-state index in [1.54, 1.807) is 12.1 Å². The van der Waals surface area contributed by atoms with Crippen molar-refractivity contribution in [1.29, 1.82) is 0 Å². The fraction of sp³-hybridized carbons (Fsp3) is 0.500.